The van der Waals surface area contributed by atoms with Gasteiger partial charge in [-0.1, -0.05) is 215 Å². The molecule has 0 spiro atoms. The van der Waals surface area contributed by atoms with E-state index >= 15 is 0 Å². The molecular formula is C72H61N3O. The summed E-state index contributed by atoms with van der Waals surface area (Å²) in [6.07, 6.45) is 14.8. The Bertz CT molecular complexity index is 3830. The van der Waals surface area contributed by atoms with Crippen molar-refractivity contribution in [3.8, 4) is 101 Å². The van der Waals surface area contributed by atoms with Gasteiger partial charge in [-0.15, -0.1) is 0 Å². The predicted octanol–water partition coefficient (Wildman–Crippen LogP) is 19.2. The fraction of sp³-hybridized carbons (Fsp3) is 0.167. The van der Waals surface area contributed by atoms with Crippen molar-refractivity contribution in [1.82, 2.24) is 14.5 Å². The van der Waals surface area contributed by atoms with E-state index in [9.17, 15) is 5.11 Å². The monoisotopic (exact) mass is 983 g/mol. The largest absolute Gasteiger partial charge is 0.507 e. The summed E-state index contributed by atoms with van der Waals surface area (Å²) in [7, 11) is 0. The smallest absolute Gasteiger partial charge is 0.149 e. The van der Waals surface area contributed by atoms with Gasteiger partial charge in [0.2, 0.25) is 0 Å². The number of hydrogen-bond acceptors (Lipinski definition) is 3. The summed E-state index contributed by atoms with van der Waals surface area (Å²) in [4.78, 5) is 10.8. The normalized spacial score (nSPS) is 14.1. The highest BCUT2D eigenvalue weighted by atomic mass is 16.3. The predicted molar refractivity (Wildman–Crippen MR) is 316 cm³/mol. The molecule has 4 nitrogen and oxygen atoms in total. The third-order valence-electron chi connectivity index (χ3n) is 16.4. The highest BCUT2D eigenvalue weighted by Crippen LogP contribution is 2.46. The zero-order chi connectivity index (χ0) is 50.8. The van der Waals surface area contributed by atoms with Crippen LogP contribution < -0.4 is 0 Å². The van der Waals surface area contributed by atoms with Gasteiger partial charge in [0.1, 0.15) is 11.6 Å². The maximum atomic E-state index is 12.9. The van der Waals surface area contributed by atoms with Crippen LogP contribution >= 0.6 is 0 Å². The molecular weight excluding hydrogens is 923 g/mol. The van der Waals surface area contributed by atoms with Crippen LogP contribution in [-0.4, -0.2) is 19.6 Å². The molecule has 0 aliphatic heterocycles. The minimum atomic E-state index is 0.186. The van der Waals surface area contributed by atoms with Gasteiger partial charge in [0.15, 0.2) is 0 Å². The summed E-state index contributed by atoms with van der Waals surface area (Å²) in [5, 5.41) is 12.9. The average molecular weight is 984 g/mol. The Morgan fingerprint density at radius 2 is 1.00 bits per heavy atom. The number of benzene rings is 9. The van der Waals surface area contributed by atoms with E-state index in [0.29, 0.717) is 23.2 Å². The van der Waals surface area contributed by atoms with E-state index in [1.54, 1.807) is 0 Å². The van der Waals surface area contributed by atoms with E-state index in [1.165, 1.54) is 74.5 Å². The van der Waals surface area contributed by atoms with Crippen molar-refractivity contribution in [2.24, 2.45) is 5.92 Å². The number of rotatable bonds is 12. The molecule has 76 heavy (non-hydrogen) atoms. The van der Waals surface area contributed by atoms with Crippen LogP contribution in [-0.2, 0) is 6.42 Å². The van der Waals surface area contributed by atoms with Crippen molar-refractivity contribution in [2.75, 3.05) is 0 Å². The van der Waals surface area contributed by atoms with Crippen LogP contribution in [0.15, 0.2) is 231 Å². The van der Waals surface area contributed by atoms with Gasteiger partial charge in [-0.2, -0.15) is 0 Å². The van der Waals surface area contributed by atoms with Gasteiger partial charge in [-0.05, 0) is 147 Å². The minimum absolute atomic E-state index is 0.186. The minimum Gasteiger partial charge on any atom is -0.507 e. The van der Waals surface area contributed by atoms with Crippen LogP contribution in [0.25, 0.3) is 106 Å². The lowest BCUT2D eigenvalue weighted by atomic mass is 9.84. The highest BCUT2D eigenvalue weighted by Gasteiger charge is 2.26. The lowest BCUT2D eigenvalue weighted by Gasteiger charge is -2.22. The molecule has 0 saturated heterocycles. The molecule has 1 N–H and O–H groups in total. The Kier molecular flexibility index (Phi) is 13.0. The average Bonchev–Trinajstić information content (AvgIpc) is 4.21. The Morgan fingerprint density at radius 3 is 1.75 bits per heavy atom. The SMILES string of the molecule is Oc1c(-c2ccccc2-c2ccccc2)cccc1-c1nc2c(-c3cc(-c4ccccc4)cc(-c4cc(-c5ccc(C6CCCCC6)cc5)ccn4)c3)cccc2n1-c1ccc(CC2CCCC2)cc1-c1ccccc1. The number of pyridine rings is 1. The molecule has 2 heterocycles. The molecule has 2 aliphatic carbocycles. The van der Waals surface area contributed by atoms with Crippen LogP contribution in [0.1, 0.15) is 74.8 Å². The van der Waals surface area contributed by atoms with Crippen LogP contribution in [0.4, 0.5) is 0 Å². The number of para-hydroxylation sites is 2. The first-order valence-corrected chi connectivity index (χ1v) is 27.5. The van der Waals surface area contributed by atoms with Gasteiger partial charge in [0.05, 0.1) is 28.0 Å². The molecule has 4 heteroatoms. The summed E-state index contributed by atoms with van der Waals surface area (Å²) < 4.78 is 2.30. The number of aromatic nitrogens is 3. The number of phenolic OH excluding ortho intramolecular Hbond substituents is 1. The summed E-state index contributed by atoms with van der Waals surface area (Å²) >= 11 is 0. The van der Waals surface area contributed by atoms with E-state index in [1.807, 2.05) is 30.5 Å². The first kappa shape index (κ1) is 47.1. The second kappa shape index (κ2) is 21.0. The number of imidazole rings is 1. The maximum Gasteiger partial charge on any atom is 0.149 e. The quantitative estimate of drug-likeness (QED) is 0.133. The zero-order valence-corrected chi connectivity index (χ0v) is 43.0. The summed E-state index contributed by atoms with van der Waals surface area (Å²) in [6.45, 7) is 0. The van der Waals surface area contributed by atoms with Crippen molar-refractivity contribution in [2.45, 2.75) is 70.1 Å². The van der Waals surface area contributed by atoms with Crippen molar-refractivity contribution in [3.63, 3.8) is 0 Å². The summed E-state index contributed by atoms with van der Waals surface area (Å²) in [5.41, 5.74) is 20.9. The Labute approximate surface area is 447 Å². The first-order chi connectivity index (χ1) is 37.6. The Hall–Kier alpha value is -8.60. The molecule has 13 rings (SSSR count). The lowest BCUT2D eigenvalue weighted by Crippen LogP contribution is -2.04. The van der Waals surface area contributed by atoms with Gasteiger partial charge < -0.3 is 5.11 Å². The first-order valence-electron chi connectivity index (χ1n) is 27.5. The molecule has 0 amide bonds. The second-order valence-electron chi connectivity index (χ2n) is 21.2. The maximum absolute atomic E-state index is 12.9. The topological polar surface area (TPSA) is 50.9 Å². The third-order valence-corrected chi connectivity index (χ3v) is 16.4. The van der Waals surface area contributed by atoms with Gasteiger partial charge in [0.25, 0.3) is 0 Å². The van der Waals surface area contributed by atoms with Gasteiger partial charge in [-0.25, -0.2) is 4.98 Å². The molecule has 0 bridgehead atoms. The molecule has 2 fully saturated rings. The van der Waals surface area contributed by atoms with Crippen LogP contribution in [0.3, 0.4) is 0 Å². The Balaban J connectivity index is 1.00. The van der Waals surface area contributed by atoms with E-state index in [0.717, 1.165) is 95.6 Å². The lowest BCUT2D eigenvalue weighted by molar-refractivity contribution is 0.443. The molecule has 2 aliphatic rings. The van der Waals surface area contributed by atoms with Crippen LogP contribution in [0.2, 0.25) is 0 Å². The van der Waals surface area contributed by atoms with Gasteiger partial charge >= 0.3 is 0 Å². The number of aromatic hydroxyl groups is 1. The molecule has 0 radical (unpaired) electrons. The molecule has 2 aromatic heterocycles. The highest BCUT2D eigenvalue weighted by molar-refractivity contribution is 5.99. The molecule has 9 aromatic carbocycles. The fourth-order valence-electron chi connectivity index (χ4n) is 12.5. The van der Waals surface area contributed by atoms with E-state index in [-0.39, 0.29) is 5.75 Å². The standard InChI is InChI=1S/C72H61N3O/c76-71-64(63-30-16-15-29-61(63)55-25-9-3-10-26-55)32-17-33-65(71)72-74-70-62(31-18-34-69(70)75(72)68-40-35-50(43-49-19-13-14-20-49)44-66(68)56-27-11-4-12-28-56)59-45-58(52-23-7-2-8-24-52)46-60(47-59)67-48-57(41-42-73-67)54-38-36-53(37-39-54)51-21-5-1-6-22-51/h2-4,7-12,15-18,23-42,44-49,51,76H,1,5-6,13-14,19-22,43H2. The van der Waals surface area contributed by atoms with Crippen LogP contribution in [0, 0.1) is 5.92 Å². The third kappa shape index (κ3) is 9.34. The van der Waals surface area contributed by atoms with Crippen molar-refractivity contribution >= 4 is 11.0 Å². The van der Waals surface area contributed by atoms with Crippen LogP contribution in [0.5, 0.6) is 5.75 Å². The number of fused-ring (bicyclic) bond motifs is 1. The molecule has 0 unspecified atom stereocenters. The Morgan fingerprint density at radius 1 is 0.408 bits per heavy atom. The summed E-state index contributed by atoms with van der Waals surface area (Å²) in [5.74, 6) is 2.22. The number of hydrogen-bond donors (Lipinski definition) is 1. The zero-order valence-electron chi connectivity index (χ0n) is 43.0. The van der Waals surface area contributed by atoms with E-state index in [4.69, 9.17) is 9.97 Å². The number of phenols is 1. The van der Waals surface area contributed by atoms with Crippen molar-refractivity contribution in [1.29, 1.82) is 0 Å². The molecule has 2 saturated carbocycles. The van der Waals surface area contributed by atoms with Gasteiger partial charge in [-0.3, -0.25) is 9.55 Å². The van der Waals surface area contributed by atoms with E-state index < -0.39 is 0 Å². The molecule has 0 atom stereocenters. The van der Waals surface area contributed by atoms with Crippen molar-refractivity contribution < 1.29 is 5.11 Å². The number of nitrogens with zero attached hydrogens (tertiary/aromatic N) is 3. The van der Waals surface area contributed by atoms with E-state index in [2.05, 4.69) is 205 Å². The summed E-state index contributed by atoms with van der Waals surface area (Å²) in [6, 6.07) is 80.4. The van der Waals surface area contributed by atoms with Crippen molar-refractivity contribution in [3.05, 3.63) is 242 Å². The molecule has 370 valence electrons. The van der Waals surface area contributed by atoms with Gasteiger partial charge in [0, 0.05) is 28.5 Å². The second-order valence-corrected chi connectivity index (χ2v) is 21.2. The molecule has 11 aromatic rings. The fourth-order valence-corrected chi connectivity index (χ4v) is 12.5.